The molecule has 0 atom stereocenters. The highest BCUT2D eigenvalue weighted by molar-refractivity contribution is 4.63. The van der Waals surface area contributed by atoms with E-state index >= 15 is 0 Å². The minimum atomic E-state index is 0.884. The molecule has 0 saturated carbocycles. The van der Waals surface area contributed by atoms with Crippen LogP contribution in [0.1, 0.15) is 125 Å². The molecule has 0 aliphatic carbocycles. The first kappa shape index (κ1) is 22.0. The number of rotatable bonds is 16. The average Bonchev–Trinajstić information content (AvgIpc) is 2.45. The summed E-state index contributed by atoms with van der Waals surface area (Å²) < 4.78 is 0. The normalized spacial score (nSPS) is 12.0. The fourth-order valence-corrected chi connectivity index (χ4v) is 3.45. The van der Waals surface area contributed by atoms with Crippen molar-refractivity contribution in [3.63, 3.8) is 0 Å². The third kappa shape index (κ3) is 16.4. The van der Waals surface area contributed by atoms with Crippen LogP contribution in [0, 0.1) is 17.8 Å². The SMILES string of the molecule is CCCCCCCCCC(CCCC(C)C)CCCC(C)C. The minimum Gasteiger partial charge on any atom is -0.0654 e. The summed E-state index contributed by atoms with van der Waals surface area (Å²) in [7, 11) is 0. The molecule has 0 amide bonds. The van der Waals surface area contributed by atoms with Crippen LogP contribution in [0.25, 0.3) is 0 Å². The summed E-state index contributed by atoms with van der Waals surface area (Å²) in [5, 5.41) is 0. The summed E-state index contributed by atoms with van der Waals surface area (Å²) >= 11 is 0. The molecule has 22 heavy (non-hydrogen) atoms. The van der Waals surface area contributed by atoms with E-state index in [4.69, 9.17) is 0 Å². The monoisotopic (exact) mass is 310 g/mol. The minimum absolute atomic E-state index is 0.884. The molecule has 0 aromatic heterocycles. The van der Waals surface area contributed by atoms with Crippen molar-refractivity contribution in [3.8, 4) is 0 Å². The maximum atomic E-state index is 2.37. The van der Waals surface area contributed by atoms with Crippen LogP contribution < -0.4 is 0 Å². The lowest BCUT2D eigenvalue weighted by atomic mass is 9.88. The first-order valence-electron chi connectivity index (χ1n) is 10.6. The zero-order valence-electron chi connectivity index (χ0n) is 16.6. The first-order valence-corrected chi connectivity index (χ1v) is 10.6. The van der Waals surface area contributed by atoms with Gasteiger partial charge in [0.25, 0.3) is 0 Å². The molecule has 0 rings (SSSR count). The lowest BCUT2D eigenvalue weighted by Crippen LogP contribution is -2.03. The summed E-state index contributed by atoms with van der Waals surface area (Å²) in [5.41, 5.74) is 0. The topological polar surface area (TPSA) is 0 Å². The Kier molecular flexibility index (Phi) is 15.9. The summed E-state index contributed by atoms with van der Waals surface area (Å²) in [6, 6.07) is 0. The first-order chi connectivity index (χ1) is 10.6. The van der Waals surface area contributed by atoms with E-state index in [0.717, 1.165) is 17.8 Å². The van der Waals surface area contributed by atoms with Gasteiger partial charge in [-0.3, -0.25) is 0 Å². The van der Waals surface area contributed by atoms with Gasteiger partial charge in [-0.05, 0) is 17.8 Å². The third-order valence-corrected chi connectivity index (χ3v) is 5.00. The molecule has 0 heteroatoms. The second-order valence-corrected chi connectivity index (χ2v) is 8.43. The van der Waals surface area contributed by atoms with Crippen LogP contribution in [0.4, 0.5) is 0 Å². The van der Waals surface area contributed by atoms with Crippen molar-refractivity contribution in [1.82, 2.24) is 0 Å². The largest absolute Gasteiger partial charge is 0.0654 e. The predicted octanol–water partition coefficient (Wildman–Crippen LogP) is 8.40. The van der Waals surface area contributed by atoms with E-state index in [2.05, 4.69) is 34.6 Å². The molecule has 0 heterocycles. The molecule has 0 aliphatic rings. The van der Waals surface area contributed by atoms with E-state index in [-0.39, 0.29) is 0 Å². The van der Waals surface area contributed by atoms with E-state index in [1.54, 1.807) is 0 Å². The van der Waals surface area contributed by atoms with Gasteiger partial charge in [0, 0.05) is 0 Å². The maximum Gasteiger partial charge on any atom is -0.0414 e. The van der Waals surface area contributed by atoms with E-state index in [1.165, 1.54) is 89.9 Å². The maximum absolute atomic E-state index is 2.37. The molecule has 0 aliphatic heterocycles. The molecule has 0 saturated heterocycles. The number of hydrogen-bond donors (Lipinski definition) is 0. The summed E-state index contributed by atoms with van der Waals surface area (Å²) in [5.74, 6) is 2.79. The van der Waals surface area contributed by atoms with E-state index in [9.17, 15) is 0 Å². The van der Waals surface area contributed by atoms with Crippen molar-refractivity contribution >= 4 is 0 Å². The molecule has 134 valence electrons. The summed E-state index contributed by atoms with van der Waals surface area (Å²) in [4.78, 5) is 0. The van der Waals surface area contributed by atoms with Crippen LogP contribution in [0.15, 0.2) is 0 Å². The fraction of sp³-hybridized carbons (Fsp3) is 1.00. The summed E-state index contributed by atoms with van der Waals surface area (Å²) in [6.07, 6.45) is 20.4. The van der Waals surface area contributed by atoms with Crippen LogP contribution in [0.2, 0.25) is 0 Å². The van der Waals surface area contributed by atoms with Gasteiger partial charge in [0.15, 0.2) is 0 Å². The molecule has 0 aromatic rings. The highest BCUT2D eigenvalue weighted by Gasteiger charge is 2.09. The molecular formula is C22H46. The molecule has 0 bridgehead atoms. The Balaban J connectivity index is 3.75. The number of unbranched alkanes of at least 4 members (excludes halogenated alkanes) is 6. The van der Waals surface area contributed by atoms with Crippen molar-refractivity contribution in [1.29, 1.82) is 0 Å². The standard InChI is InChI=1S/C22H46/c1-6-7-8-9-10-11-12-17-22(18-13-15-20(2)3)19-14-16-21(4)5/h20-22H,6-19H2,1-5H3. The van der Waals surface area contributed by atoms with Gasteiger partial charge in [-0.15, -0.1) is 0 Å². The lowest BCUT2D eigenvalue weighted by Gasteiger charge is -2.18. The van der Waals surface area contributed by atoms with Crippen LogP contribution in [0.5, 0.6) is 0 Å². The Labute approximate surface area is 142 Å². The Bertz CT molecular complexity index is 190. The Morgan fingerprint density at radius 1 is 0.455 bits per heavy atom. The third-order valence-electron chi connectivity index (χ3n) is 5.00. The zero-order valence-corrected chi connectivity index (χ0v) is 16.6. The molecule has 0 fully saturated rings. The van der Waals surface area contributed by atoms with Crippen molar-refractivity contribution in [2.45, 2.75) is 125 Å². The van der Waals surface area contributed by atoms with Gasteiger partial charge in [-0.1, -0.05) is 125 Å². The van der Waals surface area contributed by atoms with Gasteiger partial charge in [0.05, 0.1) is 0 Å². The van der Waals surface area contributed by atoms with Gasteiger partial charge in [0.2, 0.25) is 0 Å². The molecule has 0 nitrogen and oxygen atoms in total. The molecule has 0 unspecified atom stereocenters. The Morgan fingerprint density at radius 2 is 0.864 bits per heavy atom. The summed E-state index contributed by atoms with van der Waals surface area (Å²) in [6.45, 7) is 11.8. The van der Waals surface area contributed by atoms with E-state index in [1.807, 2.05) is 0 Å². The second kappa shape index (κ2) is 15.9. The highest BCUT2D eigenvalue weighted by atomic mass is 14.2. The van der Waals surface area contributed by atoms with Gasteiger partial charge < -0.3 is 0 Å². The van der Waals surface area contributed by atoms with E-state index in [0.29, 0.717) is 0 Å². The van der Waals surface area contributed by atoms with Crippen LogP contribution in [-0.4, -0.2) is 0 Å². The van der Waals surface area contributed by atoms with Gasteiger partial charge >= 0.3 is 0 Å². The molecule has 0 N–H and O–H groups in total. The molecule has 0 aromatic carbocycles. The van der Waals surface area contributed by atoms with Gasteiger partial charge in [-0.2, -0.15) is 0 Å². The number of hydrogen-bond acceptors (Lipinski definition) is 0. The second-order valence-electron chi connectivity index (χ2n) is 8.43. The van der Waals surface area contributed by atoms with Gasteiger partial charge in [-0.25, -0.2) is 0 Å². The molecule has 0 radical (unpaired) electrons. The molecular weight excluding hydrogens is 264 g/mol. The lowest BCUT2D eigenvalue weighted by molar-refractivity contribution is 0.352. The van der Waals surface area contributed by atoms with Crippen LogP contribution in [-0.2, 0) is 0 Å². The predicted molar refractivity (Wildman–Crippen MR) is 103 cm³/mol. The smallest absolute Gasteiger partial charge is 0.0414 e. The Hall–Kier alpha value is 0. The quantitative estimate of drug-likeness (QED) is 0.251. The Morgan fingerprint density at radius 3 is 1.32 bits per heavy atom. The van der Waals surface area contributed by atoms with Crippen LogP contribution in [0.3, 0.4) is 0 Å². The fourth-order valence-electron chi connectivity index (χ4n) is 3.45. The van der Waals surface area contributed by atoms with Crippen molar-refractivity contribution in [2.24, 2.45) is 17.8 Å². The van der Waals surface area contributed by atoms with E-state index < -0.39 is 0 Å². The molecule has 0 spiro atoms. The zero-order chi connectivity index (χ0) is 16.6. The van der Waals surface area contributed by atoms with Gasteiger partial charge in [0.1, 0.15) is 0 Å². The highest BCUT2D eigenvalue weighted by Crippen LogP contribution is 2.25. The van der Waals surface area contributed by atoms with Crippen molar-refractivity contribution in [3.05, 3.63) is 0 Å². The average molecular weight is 311 g/mol. The van der Waals surface area contributed by atoms with Crippen LogP contribution >= 0.6 is 0 Å². The van der Waals surface area contributed by atoms with Crippen molar-refractivity contribution in [2.75, 3.05) is 0 Å². The van der Waals surface area contributed by atoms with Crippen molar-refractivity contribution < 1.29 is 0 Å².